The predicted molar refractivity (Wildman–Crippen MR) is 110 cm³/mol. The lowest BCUT2D eigenvalue weighted by Crippen LogP contribution is -2.28. The van der Waals surface area contributed by atoms with Crippen LogP contribution < -0.4 is 10.6 Å². The van der Waals surface area contributed by atoms with Crippen molar-refractivity contribution in [2.75, 3.05) is 10.6 Å². The van der Waals surface area contributed by atoms with Crippen LogP contribution in [0.2, 0.25) is 0 Å². The van der Waals surface area contributed by atoms with E-state index in [0.29, 0.717) is 11.5 Å². The van der Waals surface area contributed by atoms with Crippen molar-refractivity contribution in [2.24, 2.45) is 0 Å². The van der Waals surface area contributed by atoms with Crippen LogP contribution in [0.5, 0.6) is 0 Å². The number of aliphatic hydroxyl groups is 1. The Morgan fingerprint density at radius 2 is 1.63 bits per heavy atom. The van der Waals surface area contributed by atoms with E-state index in [4.69, 9.17) is 5.10 Å². The van der Waals surface area contributed by atoms with Crippen molar-refractivity contribution in [3.63, 3.8) is 0 Å². The molecule has 3 N–H and O–H groups in total. The van der Waals surface area contributed by atoms with Gasteiger partial charge in [0.1, 0.15) is 5.82 Å². The number of nitrogens with one attached hydrogen (secondary N) is 2. The minimum atomic E-state index is -0.972. The molecule has 6 heteroatoms. The Balaban J connectivity index is 2.25. The van der Waals surface area contributed by atoms with Crippen LogP contribution in [0.3, 0.4) is 0 Å². The highest BCUT2D eigenvalue weighted by Gasteiger charge is 2.26. The molecule has 2 aromatic rings. The molecule has 0 saturated carbocycles. The third-order valence-electron chi connectivity index (χ3n) is 4.18. The molecule has 0 aliphatic heterocycles. The molecule has 0 fully saturated rings. The van der Waals surface area contributed by atoms with Gasteiger partial charge in [0.05, 0.1) is 16.8 Å². The number of hydrogen-bond acceptors (Lipinski definition) is 3. The van der Waals surface area contributed by atoms with E-state index in [9.17, 15) is 9.90 Å². The van der Waals surface area contributed by atoms with Gasteiger partial charge >= 0.3 is 6.03 Å². The Morgan fingerprint density at radius 1 is 1.00 bits per heavy atom. The Bertz CT molecular complexity index is 818. The lowest BCUT2D eigenvalue weighted by Gasteiger charge is -2.23. The molecule has 0 spiro atoms. The zero-order valence-electron chi connectivity index (χ0n) is 17.6. The maximum atomic E-state index is 12.6. The first-order valence-corrected chi connectivity index (χ1v) is 9.20. The van der Waals surface area contributed by atoms with Crippen molar-refractivity contribution in [1.82, 2.24) is 9.78 Å². The molecular weight excluding hydrogens is 340 g/mol. The van der Waals surface area contributed by atoms with E-state index < -0.39 is 5.60 Å². The molecule has 1 aromatic heterocycles. The van der Waals surface area contributed by atoms with Crippen LogP contribution in [0.15, 0.2) is 30.3 Å². The summed E-state index contributed by atoms with van der Waals surface area (Å²) in [6.45, 7) is 15.8. The molecule has 1 aromatic carbocycles. The monoisotopic (exact) mass is 372 g/mol. The second-order valence-electron chi connectivity index (χ2n) is 9.47. The van der Waals surface area contributed by atoms with Crippen LogP contribution >= 0.6 is 0 Å². The molecule has 2 rings (SSSR count). The molecule has 0 aliphatic rings. The average Bonchev–Trinajstić information content (AvgIpc) is 2.90. The zero-order valence-corrected chi connectivity index (χ0v) is 17.6. The van der Waals surface area contributed by atoms with Gasteiger partial charge < -0.3 is 10.4 Å². The molecule has 0 atom stereocenters. The smallest absolute Gasteiger partial charge is 0.324 e. The molecule has 1 heterocycles. The van der Waals surface area contributed by atoms with E-state index in [-0.39, 0.29) is 17.0 Å². The molecule has 0 unspecified atom stereocenters. The SMILES string of the molecule is CC(C)(C)c1cc(NC(=O)Nc2cccc(C(C)(C)O)c2)n(C(C)(C)C)n1. The highest BCUT2D eigenvalue weighted by molar-refractivity contribution is 5.99. The van der Waals surface area contributed by atoms with Crippen LogP contribution in [-0.4, -0.2) is 20.9 Å². The van der Waals surface area contributed by atoms with Crippen LogP contribution in [0.1, 0.15) is 66.6 Å². The number of urea groups is 1. The van der Waals surface area contributed by atoms with Gasteiger partial charge in [-0.2, -0.15) is 5.10 Å². The van der Waals surface area contributed by atoms with Gasteiger partial charge in [-0.25, -0.2) is 9.48 Å². The number of carbonyl (C=O) groups is 1. The van der Waals surface area contributed by atoms with Gasteiger partial charge in [0.15, 0.2) is 0 Å². The fourth-order valence-corrected chi connectivity index (χ4v) is 2.60. The first-order chi connectivity index (χ1) is 12.2. The summed E-state index contributed by atoms with van der Waals surface area (Å²) in [6.07, 6.45) is 0. The summed E-state index contributed by atoms with van der Waals surface area (Å²) in [6, 6.07) is 8.75. The molecular formula is C21H32N4O2. The standard InChI is InChI=1S/C21H32N4O2/c1-19(2,3)16-13-17(25(24-16)20(4,5)6)23-18(26)22-15-11-9-10-14(12-15)21(7,8)27/h9-13,27H,1-8H3,(H2,22,23,26). The fraction of sp³-hybridized carbons (Fsp3) is 0.524. The van der Waals surface area contributed by atoms with E-state index in [2.05, 4.69) is 31.4 Å². The molecule has 27 heavy (non-hydrogen) atoms. The van der Waals surface area contributed by atoms with Crippen LogP contribution in [0.4, 0.5) is 16.3 Å². The number of anilines is 2. The third kappa shape index (κ3) is 5.32. The second-order valence-corrected chi connectivity index (χ2v) is 9.47. The molecule has 0 radical (unpaired) electrons. The number of nitrogens with zero attached hydrogens (tertiary/aromatic N) is 2. The van der Waals surface area contributed by atoms with Crippen molar-refractivity contribution in [1.29, 1.82) is 0 Å². The van der Waals surface area contributed by atoms with Gasteiger partial charge in [0.2, 0.25) is 0 Å². The number of benzene rings is 1. The Kier molecular flexibility index (Phi) is 5.44. The Morgan fingerprint density at radius 3 is 2.15 bits per heavy atom. The van der Waals surface area contributed by atoms with Gasteiger partial charge in [-0.1, -0.05) is 32.9 Å². The lowest BCUT2D eigenvalue weighted by atomic mass is 9.92. The quantitative estimate of drug-likeness (QED) is 0.723. The number of carbonyl (C=O) groups excluding carboxylic acids is 1. The topological polar surface area (TPSA) is 79.2 Å². The van der Waals surface area contributed by atoms with Crippen molar-refractivity contribution in [3.8, 4) is 0 Å². The second kappa shape index (κ2) is 7.00. The van der Waals surface area contributed by atoms with Gasteiger partial charge in [-0.3, -0.25) is 5.32 Å². The molecule has 6 nitrogen and oxygen atoms in total. The lowest BCUT2D eigenvalue weighted by molar-refractivity contribution is 0.0786. The van der Waals surface area contributed by atoms with Crippen LogP contribution in [0, 0.1) is 0 Å². The molecule has 148 valence electrons. The molecule has 2 amide bonds. The first-order valence-electron chi connectivity index (χ1n) is 9.20. The summed E-state index contributed by atoms with van der Waals surface area (Å²) in [4.78, 5) is 12.6. The first kappa shape index (κ1) is 21.0. The maximum absolute atomic E-state index is 12.6. The van der Waals surface area contributed by atoms with E-state index in [1.807, 2.05) is 37.6 Å². The molecule has 0 bridgehead atoms. The van der Waals surface area contributed by atoms with Gasteiger partial charge in [0, 0.05) is 17.2 Å². The maximum Gasteiger partial charge on any atom is 0.324 e. The number of rotatable bonds is 3. The summed E-state index contributed by atoms with van der Waals surface area (Å²) < 4.78 is 1.83. The fourth-order valence-electron chi connectivity index (χ4n) is 2.60. The highest BCUT2D eigenvalue weighted by atomic mass is 16.3. The van der Waals surface area contributed by atoms with Gasteiger partial charge in [-0.15, -0.1) is 0 Å². The molecule has 0 saturated heterocycles. The van der Waals surface area contributed by atoms with Gasteiger partial charge in [-0.05, 0) is 52.3 Å². The summed E-state index contributed by atoms with van der Waals surface area (Å²) in [5.74, 6) is 0.642. The summed E-state index contributed by atoms with van der Waals surface area (Å²) in [5.41, 5.74) is 0.898. The largest absolute Gasteiger partial charge is 0.386 e. The van der Waals surface area contributed by atoms with E-state index in [1.165, 1.54) is 0 Å². The predicted octanol–water partition coefficient (Wildman–Crippen LogP) is 4.81. The summed E-state index contributed by atoms with van der Waals surface area (Å²) >= 11 is 0. The normalized spacial score (nSPS) is 12.8. The van der Waals surface area contributed by atoms with E-state index >= 15 is 0 Å². The average molecular weight is 373 g/mol. The minimum absolute atomic E-state index is 0.121. The Hall–Kier alpha value is -2.34. The van der Waals surface area contributed by atoms with Crippen molar-refractivity contribution >= 4 is 17.5 Å². The zero-order chi connectivity index (χ0) is 20.6. The van der Waals surface area contributed by atoms with E-state index in [0.717, 1.165) is 11.3 Å². The summed E-state index contributed by atoms with van der Waals surface area (Å²) in [7, 11) is 0. The number of aromatic nitrogens is 2. The number of amides is 2. The third-order valence-corrected chi connectivity index (χ3v) is 4.18. The van der Waals surface area contributed by atoms with Crippen molar-refractivity contribution in [2.45, 2.75) is 71.9 Å². The van der Waals surface area contributed by atoms with Crippen molar-refractivity contribution < 1.29 is 9.90 Å². The Labute approximate surface area is 162 Å². The minimum Gasteiger partial charge on any atom is -0.386 e. The summed E-state index contributed by atoms with van der Waals surface area (Å²) in [5, 5.41) is 20.6. The van der Waals surface area contributed by atoms with Crippen LogP contribution in [0.25, 0.3) is 0 Å². The van der Waals surface area contributed by atoms with Crippen molar-refractivity contribution in [3.05, 3.63) is 41.6 Å². The number of hydrogen-bond donors (Lipinski definition) is 3. The molecule has 0 aliphatic carbocycles. The van der Waals surface area contributed by atoms with Crippen LogP contribution in [-0.2, 0) is 16.6 Å². The highest BCUT2D eigenvalue weighted by Crippen LogP contribution is 2.28. The van der Waals surface area contributed by atoms with Gasteiger partial charge in [0.25, 0.3) is 0 Å². The van der Waals surface area contributed by atoms with E-state index in [1.54, 1.807) is 32.0 Å².